The first-order chi connectivity index (χ1) is 11.6. The van der Waals surface area contributed by atoms with Crippen molar-refractivity contribution >= 4 is 11.8 Å². The van der Waals surface area contributed by atoms with Gasteiger partial charge in [0.15, 0.2) is 0 Å². The average Bonchev–Trinajstić information content (AvgIpc) is 3.41. The van der Waals surface area contributed by atoms with Crippen LogP contribution in [0.4, 0.5) is 4.39 Å². The summed E-state index contributed by atoms with van der Waals surface area (Å²) in [5.41, 5.74) is 0.881. The molecule has 6 heteroatoms. The molecule has 1 aromatic carbocycles. The molecule has 2 fully saturated rings. The lowest BCUT2D eigenvalue weighted by molar-refractivity contribution is -0.124. The second kappa shape index (κ2) is 7.75. The SMILES string of the molecule is O=C(CN1CCC(NC(=O)C2CC2)CC1)NCc1ccc(F)cc1. The molecule has 0 spiro atoms. The second-order valence-electron chi connectivity index (χ2n) is 6.74. The quantitative estimate of drug-likeness (QED) is 0.828. The van der Waals surface area contributed by atoms with Gasteiger partial charge in [-0.1, -0.05) is 12.1 Å². The first kappa shape index (κ1) is 16.9. The lowest BCUT2D eigenvalue weighted by atomic mass is 10.0. The highest BCUT2D eigenvalue weighted by atomic mass is 19.1. The molecule has 2 aliphatic rings. The number of nitrogens with one attached hydrogen (secondary N) is 2. The van der Waals surface area contributed by atoms with Crippen LogP contribution < -0.4 is 10.6 Å². The molecule has 5 nitrogen and oxygen atoms in total. The Balaban J connectivity index is 1.33. The second-order valence-corrected chi connectivity index (χ2v) is 6.74. The van der Waals surface area contributed by atoms with Gasteiger partial charge in [-0.15, -0.1) is 0 Å². The van der Waals surface area contributed by atoms with Crippen molar-refractivity contribution in [2.75, 3.05) is 19.6 Å². The molecule has 2 amide bonds. The Labute approximate surface area is 141 Å². The van der Waals surface area contributed by atoms with Crippen LogP contribution in [0.2, 0.25) is 0 Å². The smallest absolute Gasteiger partial charge is 0.234 e. The molecule has 0 aromatic heterocycles. The number of nitrogens with zero attached hydrogens (tertiary/aromatic N) is 1. The lowest BCUT2D eigenvalue weighted by Gasteiger charge is -2.31. The molecule has 1 aliphatic heterocycles. The van der Waals surface area contributed by atoms with E-state index < -0.39 is 0 Å². The number of hydrogen-bond donors (Lipinski definition) is 2. The highest BCUT2D eigenvalue weighted by molar-refractivity contribution is 5.81. The Bertz CT molecular complexity index is 578. The predicted molar refractivity (Wildman–Crippen MR) is 88.6 cm³/mol. The standard InChI is InChI=1S/C18H24FN3O2/c19-15-5-1-13(2-6-15)11-20-17(23)12-22-9-7-16(8-10-22)21-18(24)14-3-4-14/h1-2,5-6,14,16H,3-4,7-12H2,(H,20,23)(H,21,24). The monoisotopic (exact) mass is 333 g/mol. The molecule has 1 aliphatic carbocycles. The Hall–Kier alpha value is -1.95. The number of rotatable bonds is 6. The molecule has 1 heterocycles. The summed E-state index contributed by atoms with van der Waals surface area (Å²) >= 11 is 0. The Morgan fingerprint density at radius 2 is 1.75 bits per heavy atom. The van der Waals surface area contributed by atoms with E-state index in [-0.39, 0.29) is 29.6 Å². The molecule has 0 unspecified atom stereocenters. The van der Waals surface area contributed by atoms with Crippen molar-refractivity contribution in [3.63, 3.8) is 0 Å². The maximum absolute atomic E-state index is 12.8. The number of likely N-dealkylation sites (tertiary alicyclic amines) is 1. The topological polar surface area (TPSA) is 61.4 Å². The van der Waals surface area contributed by atoms with E-state index in [1.54, 1.807) is 12.1 Å². The predicted octanol–water partition coefficient (Wildman–Crippen LogP) is 1.43. The van der Waals surface area contributed by atoms with Crippen LogP contribution in [0.15, 0.2) is 24.3 Å². The third-order valence-electron chi connectivity index (χ3n) is 4.65. The molecule has 1 aromatic rings. The Morgan fingerprint density at radius 3 is 2.38 bits per heavy atom. The normalized spacial score (nSPS) is 19.0. The Morgan fingerprint density at radius 1 is 1.08 bits per heavy atom. The fraction of sp³-hybridized carbons (Fsp3) is 0.556. The van der Waals surface area contributed by atoms with Crippen LogP contribution >= 0.6 is 0 Å². The van der Waals surface area contributed by atoms with E-state index in [1.165, 1.54) is 12.1 Å². The van der Waals surface area contributed by atoms with Gasteiger partial charge in [-0.25, -0.2) is 4.39 Å². The van der Waals surface area contributed by atoms with Crippen molar-refractivity contribution in [2.45, 2.75) is 38.3 Å². The maximum atomic E-state index is 12.8. The van der Waals surface area contributed by atoms with Gasteiger partial charge < -0.3 is 10.6 Å². The van der Waals surface area contributed by atoms with Gasteiger partial charge in [-0.05, 0) is 43.4 Å². The van der Waals surface area contributed by atoms with Gasteiger partial charge in [0.2, 0.25) is 11.8 Å². The summed E-state index contributed by atoms with van der Waals surface area (Å²) in [4.78, 5) is 25.9. The third kappa shape index (κ3) is 5.03. The van der Waals surface area contributed by atoms with Gasteiger partial charge in [0.05, 0.1) is 6.54 Å². The summed E-state index contributed by atoms with van der Waals surface area (Å²) in [7, 11) is 0. The van der Waals surface area contributed by atoms with E-state index in [0.29, 0.717) is 13.1 Å². The number of benzene rings is 1. The number of halogens is 1. The molecule has 130 valence electrons. The van der Waals surface area contributed by atoms with Crippen LogP contribution in [-0.2, 0) is 16.1 Å². The largest absolute Gasteiger partial charge is 0.353 e. The van der Waals surface area contributed by atoms with Crippen LogP contribution in [0, 0.1) is 11.7 Å². The van der Waals surface area contributed by atoms with Gasteiger partial charge in [0.25, 0.3) is 0 Å². The van der Waals surface area contributed by atoms with Crippen molar-refractivity contribution in [3.05, 3.63) is 35.6 Å². The van der Waals surface area contributed by atoms with E-state index in [4.69, 9.17) is 0 Å². The van der Waals surface area contributed by atoms with Crippen LogP contribution in [0.5, 0.6) is 0 Å². The van der Waals surface area contributed by atoms with E-state index in [9.17, 15) is 14.0 Å². The van der Waals surface area contributed by atoms with Gasteiger partial charge in [0, 0.05) is 31.6 Å². The molecular formula is C18H24FN3O2. The van der Waals surface area contributed by atoms with Crippen LogP contribution in [0.25, 0.3) is 0 Å². The number of amides is 2. The zero-order valence-corrected chi connectivity index (χ0v) is 13.8. The summed E-state index contributed by atoms with van der Waals surface area (Å²) in [6.07, 6.45) is 3.84. The number of hydrogen-bond acceptors (Lipinski definition) is 3. The van der Waals surface area contributed by atoms with Crippen LogP contribution in [0.3, 0.4) is 0 Å². The van der Waals surface area contributed by atoms with Crippen molar-refractivity contribution in [1.29, 1.82) is 0 Å². The molecule has 2 N–H and O–H groups in total. The van der Waals surface area contributed by atoms with Gasteiger partial charge in [-0.3, -0.25) is 14.5 Å². The first-order valence-corrected chi connectivity index (χ1v) is 8.64. The maximum Gasteiger partial charge on any atom is 0.234 e. The molecule has 1 saturated carbocycles. The minimum absolute atomic E-state index is 0.0280. The fourth-order valence-electron chi connectivity index (χ4n) is 2.96. The fourth-order valence-corrected chi connectivity index (χ4v) is 2.96. The van der Waals surface area contributed by atoms with Crippen LogP contribution in [0.1, 0.15) is 31.2 Å². The highest BCUT2D eigenvalue weighted by Gasteiger charge is 2.31. The van der Waals surface area contributed by atoms with Crippen molar-refractivity contribution < 1.29 is 14.0 Å². The summed E-state index contributed by atoms with van der Waals surface area (Å²) in [6.45, 7) is 2.41. The minimum atomic E-state index is -0.276. The van der Waals surface area contributed by atoms with E-state index in [0.717, 1.165) is 44.3 Å². The summed E-state index contributed by atoms with van der Waals surface area (Å²) in [5.74, 6) is 0.146. The van der Waals surface area contributed by atoms with Crippen molar-refractivity contribution in [2.24, 2.45) is 5.92 Å². The molecule has 24 heavy (non-hydrogen) atoms. The van der Waals surface area contributed by atoms with Crippen LogP contribution in [-0.4, -0.2) is 42.4 Å². The third-order valence-corrected chi connectivity index (χ3v) is 4.65. The molecule has 0 atom stereocenters. The van der Waals surface area contributed by atoms with Crippen molar-refractivity contribution in [3.8, 4) is 0 Å². The van der Waals surface area contributed by atoms with Gasteiger partial charge >= 0.3 is 0 Å². The van der Waals surface area contributed by atoms with Crippen molar-refractivity contribution in [1.82, 2.24) is 15.5 Å². The van der Waals surface area contributed by atoms with E-state index in [1.807, 2.05) is 0 Å². The number of carbonyl (C=O) groups is 2. The molecule has 0 radical (unpaired) electrons. The lowest BCUT2D eigenvalue weighted by Crippen LogP contribution is -2.47. The zero-order chi connectivity index (χ0) is 16.9. The summed E-state index contributed by atoms with van der Waals surface area (Å²) in [5, 5.41) is 5.97. The molecule has 1 saturated heterocycles. The zero-order valence-electron chi connectivity index (χ0n) is 13.8. The highest BCUT2D eigenvalue weighted by Crippen LogP contribution is 2.29. The molecular weight excluding hydrogens is 309 g/mol. The van der Waals surface area contributed by atoms with Gasteiger partial charge in [-0.2, -0.15) is 0 Å². The van der Waals surface area contributed by atoms with E-state index >= 15 is 0 Å². The average molecular weight is 333 g/mol. The molecule has 3 rings (SSSR count). The molecule has 0 bridgehead atoms. The number of piperidine rings is 1. The summed E-state index contributed by atoms with van der Waals surface area (Å²) < 4.78 is 12.8. The first-order valence-electron chi connectivity index (χ1n) is 8.64. The van der Waals surface area contributed by atoms with E-state index in [2.05, 4.69) is 15.5 Å². The Kier molecular flexibility index (Phi) is 5.45. The minimum Gasteiger partial charge on any atom is -0.353 e. The summed E-state index contributed by atoms with van der Waals surface area (Å²) in [6, 6.07) is 6.37. The van der Waals surface area contributed by atoms with Gasteiger partial charge in [0.1, 0.15) is 5.82 Å². The number of carbonyl (C=O) groups excluding carboxylic acids is 2.